The molecule has 0 spiro atoms. The number of rotatable bonds is 9. The Hall–Kier alpha value is -1.80. The molecule has 0 heterocycles. The van der Waals surface area contributed by atoms with Crippen molar-refractivity contribution in [2.75, 3.05) is 27.7 Å². The van der Waals surface area contributed by atoms with Crippen LogP contribution in [0.25, 0.3) is 0 Å². The van der Waals surface area contributed by atoms with Crippen LogP contribution in [0.3, 0.4) is 0 Å². The van der Waals surface area contributed by atoms with Gasteiger partial charge in [0.2, 0.25) is 0 Å². The third-order valence-electron chi connectivity index (χ3n) is 4.74. The average molecular weight is 496 g/mol. The molecule has 0 amide bonds. The van der Waals surface area contributed by atoms with Gasteiger partial charge in [0.25, 0.3) is 0 Å². The number of guanidine groups is 1. The molecule has 0 bridgehead atoms. The molecule has 2 aromatic carbocycles. The fourth-order valence-electron chi connectivity index (χ4n) is 2.90. The number of halogens is 1. The number of hydrogen-bond acceptors (Lipinski definition) is 3. The van der Waals surface area contributed by atoms with E-state index < -0.39 is 0 Å². The van der Waals surface area contributed by atoms with E-state index in [0.717, 1.165) is 36.8 Å². The van der Waals surface area contributed by atoms with Gasteiger partial charge in [-0.25, -0.2) is 0 Å². The van der Waals surface area contributed by atoms with Crippen molar-refractivity contribution < 1.29 is 4.74 Å². The standard InChI is InChI=1S/C22H32N4O.HI/c1-18(26(3)17-19-10-6-5-7-11-19)14-15-24-22(23-2)25-16-20-12-8-9-13-21(20)27-4;/h5-13,18H,14-17H2,1-4H3,(H2,23,24,25);1H. The summed E-state index contributed by atoms with van der Waals surface area (Å²) in [5.41, 5.74) is 2.45. The van der Waals surface area contributed by atoms with E-state index in [1.165, 1.54) is 5.56 Å². The first-order valence-electron chi connectivity index (χ1n) is 9.44. The van der Waals surface area contributed by atoms with E-state index in [2.05, 4.69) is 70.9 Å². The summed E-state index contributed by atoms with van der Waals surface area (Å²) in [6.07, 6.45) is 1.04. The Balaban J connectivity index is 0.00000392. The Morgan fingerprint density at radius 2 is 1.75 bits per heavy atom. The van der Waals surface area contributed by atoms with Gasteiger partial charge in [-0.15, -0.1) is 24.0 Å². The minimum Gasteiger partial charge on any atom is -0.496 e. The molecule has 2 N–H and O–H groups in total. The second-order valence-corrected chi connectivity index (χ2v) is 6.70. The highest BCUT2D eigenvalue weighted by Crippen LogP contribution is 2.16. The van der Waals surface area contributed by atoms with Gasteiger partial charge in [0, 0.05) is 38.3 Å². The number of ether oxygens (including phenoxy) is 1. The van der Waals surface area contributed by atoms with Crippen LogP contribution in [0.5, 0.6) is 5.75 Å². The van der Waals surface area contributed by atoms with Crippen molar-refractivity contribution in [2.24, 2.45) is 4.99 Å². The molecule has 6 heteroatoms. The maximum absolute atomic E-state index is 5.39. The van der Waals surface area contributed by atoms with Crippen LogP contribution >= 0.6 is 24.0 Å². The van der Waals surface area contributed by atoms with Crippen LogP contribution in [0.15, 0.2) is 59.6 Å². The first-order chi connectivity index (χ1) is 13.1. The topological polar surface area (TPSA) is 48.9 Å². The monoisotopic (exact) mass is 496 g/mol. The second kappa shape index (κ2) is 13.4. The lowest BCUT2D eigenvalue weighted by Crippen LogP contribution is -2.39. The molecular weight excluding hydrogens is 463 g/mol. The summed E-state index contributed by atoms with van der Waals surface area (Å²) in [5.74, 6) is 1.69. The summed E-state index contributed by atoms with van der Waals surface area (Å²) in [5, 5.41) is 6.75. The minimum atomic E-state index is 0. The molecule has 5 nitrogen and oxygen atoms in total. The van der Waals surface area contributed by atoms with Crippen LogP contribution in [-0.2, 0) is 13.1 Å². The van der Waals surface area contributed by atoms with Gasteiger partial charge >= 0.3 is 0 Å². The minimum absolute atomic E-state index is 0. The van der Waals surface area contributed by atoms with E-state index in [1.807, 2.05) is 18.2 Å². The second-order valence-electron chi connectivity index (χ2n) is 6.70. The molecule has 0 fully saturated rings. The molecule has 0 aliphatic rings. The molecule has 1 unspecified atom stereocenters. The number of nitrogens with one attached hydrogen (secondary N) is 2. The van der Waals surface area contributed by atoms with Gasteiger partial charge in [-0.1, -0.05) is 48.5 Å². The molecule has 0 radical (unpaired) electrons. The zero-order valence-corrected chi connectivity index (χ0v) is 19.6. The lowest BCUT2D eigenvalue weighted by molar-refractivity contribution is 0.238. The Labute approximate surface area is 186 Å². The molecule has 0 aliphatic heterocycles. The Morgan fingerprint density at radius 1 is 1.07 bits per heavy atom. The molecule has 28 heavy (non-hydrogen) atoms. The van der Waals surface area contributed by atoms with Gasteiger partial charge in [0.15, 0.2) is 5.96 Å². The van der Waals surface area contributed by atoms with Gasteiger partial charge in [-0.2, -0.15) is 0 Å². The molecule has 154 valence electrons. The maximum atomic E-state index is 5.39. The average Bonchev–Trinajstić information content (AvgIpc) is 2.71. The molecule has 2 rings (SSSR count). The first kappa shape index (κ1) is 24.2. The van der Waals surface area contributed by atoms with E-state index in [9.17, 15) is 0 Å². The van der Waals surface area contributed by atoms with Crippen molar-refractivity contribution in [3.8, 4) is 5.75 Å². The Morgan fingerprint density at radius 3 is 2.43 bits per heavy atom. The van der Waals surface area contributed by atoms with E-state index in [0.29, 0.717) is 12.6 Å². The summed E-state index contributed by atoms with van der Waals surface area (Å²) in [6, 6.07) is 19.1. The quantitative estimate of drug-likeness (QED) is 0.314. The van der Waals surface area contributed by atoms with Gasteiger partial charge in [-0.3, -0.25) is 9.89 Å². The van der Waals surface area contributed by atoms with Crippen molar-refractivity contribution in [1.82, 2.24) is 15.5 Å². The Kier molecular flexibility index (Phi) is 11.6. The van der Waals surface area contributed by atoms with Crippen molar-refractivity contribution in [1.29, 1.82) is 0 Å². The summed E-state index contributed by atoms with van der Waals surface area (Å²) >= 11 is 0. The molecule has 0 aromatic heterocycles. The lowest BCUT2D eigenvalue weighted by atomic mass is 10.1. The molecule has 1 atom stereocenters. The molecular formula is C22H33IN4O. The highest BCUT2D eigenvalue weighted by atomic mass is 127. The van der Waals surface area contributed by atoms with Gasteiger partial charge < -0.3 is 15.4 Å². The highest BCUT2D eigenvalue weighted by Gasteiger charge is 2.10. The number of methoxy groups -OCH3 is 1. The largest absolute Gasteiger partial charge is 0.496 e. The normalized spacial score (nSPS) is 12.2. The smallest absolute Gasteiger partial charge is 0.191 e. The number of benzene rings is 2. The predicted octanol–water partition coefficient (Wildman–Crippen LogP) is 3.89. The van der Waals surface area contributed by atoms with Crippen molar-refractivity contribution in [3.05, 3.63) is 65.7 Å². The third-order valence-corrected chi connectivity index (χ3v) is 4.74. The van der Waals surface area contributed by atoms with E-state index in [4.69, 9.17) is 4.74 Å². The summed E-state index contributed by atoms with van der Waals surface area (Å²) in [7, 11) is 5.66. The maximum Gasteiger partial charge on any atom is 0.191 e. The predicted molar refractivity (Wildman–Crippen MR) is 129 cm³/mol. The van der Waals surface area contributed by atoms with Crippen LogP contribution < -0.4 is 15.4 Å². The molecule has 2 aromatic rings. The van der Waals surface area contributed by atoms with Crippen molar-refractivity contribution in [2.45, 2.75) is 32.5 Å². The van der Waals surface area contributed by atoms with E-state index in [-0.39, 0.29) is 24.0 Å². The molecule has 0 aliphatic carbocycles. The summed E-state index contributed by atoms with van der Waals surface area (Å²) in [6.45, 7) is 4.76. The van der Waals surface area contributed by atoms with Crippen LogP contribution in [0.4, 0.5) is 0 Å². The van der Waals surface area contributed by atoms with Gasteiger partial charge in [0.05, 0.1) is 7.11 Å². The number of hydrogen-bond donors (Lipinski definition) is 2. The number of aliphatic imine (C=N–C) groups is 1. The zero-order valence-electron chi connectivity index (χ0n) is 17.3. The molecule has 0 saturated heterocycles. The Bertz CT molecular complexity index is 709. The van der Waals surface area contributed by atoms with E-state index in [1.54, 1.807) is 14.2 Å². The van der Waals surface area contributed by atoms with Crippen molar-refractivity contribution >= 4 is 29.9 Å². The van der Waals surface area contributed by atoms with Crippen LogP contribution in [0.2, 0.25) is 0 Å². The van der Waals surface area contributed by atoms with E-state index >= 15 is 0 Å². The van der Waals surface area contributed by atoms with Gasteiger partial charge in [-0.05, 0) is 32.0 Å². The van der Waals surface area contributed by atoms with Crippen LogP contribution in [0, 0.1) is 0 Å². The third kappa shape index (κ3) is 8.06. The number of nitrogens with zero attached hydrogens (tertiary/aromatic N) is 2. The zero-order chi connectivity index (χ0) is 19.5. The van der Waals surface area contributed by atoms with Crippen molar-refractivity contribution in [3.63, 3.8) is 0 Å². The SMILES string of the molecule is CN=C(NCCC(C)N(C)Cc1ccccc1)NCc1ccccc1OC.I. The first-order valence-corrected chi connectivity index (χ1v) is 9.44. The fraction of sp³-hybridized carbons (Fsp3) is 0.409. The van der Waals surface area contributed by atoms with Gasteiger partial charge in [0.1, 0.15) is 5.75 Å². The number of para-hydroxylation sites is 1. The van der Waals surface area contributed by atoms with Crippen LogP contribution in [-0.4, -0.2) is 44.7 Å². The summed E-state index contributed by atoms with van der Waals surface area (Å²) in [4.78, 5) is 6.69. The lowest BCUT2D eigenvalue weighted by Gasteiger charge is -2.25. The summed E-state index contributed by atoms with van der Waals surface area (Å²) < 4.78 is 5.39. The molecule has 0 saturated carbocycles. The fourth-order valence-corrected chi connectivity index (χ4v) is 2.90. The highest BCUT2D eigenvalue weighted by molar-refractivity contribution is 14.0. The van der Waals surface area contributed by atoms with Crippen LogP contribution in [0.1, 0.15) is 24.5 Å².